The topological polar surface area (TPSA) is 96.5 Å². The number of amides is 1. The Morgan fingerprint density at radius 2 is 2.33 bits per heavy atom. The van der Waals surface area contributed by atoms with Gasteiger partial charge in [0, 0.05) is 31.4 Å². The molecule has 0 aromatic carbocycles. The van der Waals surface area contributed by atoms with E-state index in [0.717, 1.165) is 31.6 Å². The number of aromatic nitrogens is 1. The Balaban J connectivity index is 2.08. The van der Waals surface area contributed by atoms with Crippen LogP contribution in [0.5, 0.6) is 0 Å². The van der Waals surface area contributed by atoms with Crippen molar-refractivity contribution in [1.29, 1.82) is 0 Å². The second-order valence-corrected chi connectivity index (χ2v) is 5.69. The number of aliphatic carboxylic acids is 1. The molecule has 1 amide bonds. The van der Waals surface area contributed by atoms with E-state index in [2.05, 4.69) is 9.88 Å². The zero-order valence-electron chi connectivity index (χ0n) is 12.2. The summed E-state index contributed by atoms with van der Waals surface area (Å²) >= 11 is 0. The lowest BCUT2D eigenvalue weighted by molar-refractivity contribution is -0.138. The van der Waals surface area contributed by atoms with Crippen molar-refractivity contribution in [1.82, 2.24) is 4.98 Å². The number of piperidine rings is 1. The second-order valence-electron chi connectivity index (χ2n) is 5.69. The molecule has 6 nitrogen and oxygen atoms in total. The lowest BCUT2D eigenvalue weighted by atomic mass is 9.84. The highest BCUT2D eigenvalue weighted by Crippen LogP contribution is 2.29. The molecule has 1 saturated heterocycles. The van der Waals surface area contributed by atoms with Crippen molar-refractivity contribution in [3.05, 3.63) is 24.0 Å². The van der Waals surface area contributed by atoms with E-state index in [0.29, 0.717) is 5.92 Å². The molecule has 114 valence electrons. The molecule has 3 N–H and O–H groups in total. The van der Waals surface area contributed by atoms with Crippen LogP contribution in [0, 0.1) is 11.8 Å². The summed E-state index contributed by atoms with van der Waals surface area (Å²) in [4.78, 5) is 28.2. The average molecular weight is 291 g/mol. The summed E-state index contributed by atoms with van der Waals surface area (Å²) in [5, 5.41) is 8.92. The SMILES string of the molecule is CC(CC(=O)O)C1CCCN(c2ccnc(C(N)=O)c2)C1. The lowest BCUT2D eigenvalue weighted by Gasteiger charge is -2.37. The minimum atomic E-state index is -0.750. The van der Waals surface area contributed by atoms with Crippen LogP contribution < -0.4 is 10.6 Å². The molecule has 1 aromatic rings. The van der Waals surface area contributed by atoms with Crippen LogP contribution in [-0.2, 0) is 4.79 Å². The molecular formula is C15H21N3O3. The lowest BCUT2D eigenvalue weighted by Crippen LogP contribution is -2.38. The maximum atomic E-state index is 11.2. The molecule has 0 spiro atoms. The van der Waals surface area contributed by atoms with Crippen LogP contribution in [0.1, 0.15) is 36.7 Å². The Hall–Kier alpha value is -2.11. The van der Waals surface area contributed by atoms with E-state index in [4.69, 9.17) is 10.8 Å². The van der Waals surface area contributed by atoms with Gasteiger partial charge in [-0.1, -0.05) is 6.92 Å². The van der Waals surface area contributed by atoms with E-state index < -0.39 is 11.9 Å². The minimum absolute atomic E-state index is 0.141. The van der Waals surface area contributed by atoms with Gasteiger partial charge in [-0.2, -0.15) is 0 Å². The van der Waals surface area contributed by atoms with E-state index in [1.54, 1.807) is 12.3 Å². The number of carbonyl (C=O) groups excluding carboxylic acids is 1. The Morgan fingerprint density at radius 1 is 1.57 bits per heavy atom. The Morgan fingerprint density at radius 3 is 3.00 bits per heavy atom. The number of nitrogens with zero attached hydrogens (tertiary/aromatic N) is 2. The number of pyridine rings is 1. The van der Waals surface area contributed by atoms with Crippen molar-refractivity contribution in [2.75, 3.05) is 18.0 Å². The average Bonchev–Trinajstić information content (AvgIpc) is 2.47. The van der Waals surface area contributed by atoms with Crippen LogP contribution in [0.4, 0.5) is 5.69 Å². The summed E-state index contributed by atoms with van der Waals surface area (Å²) < 4.78 is 0. The van der Waals surface area contributed by atoms with Gasteiger partial charge in [-0.25, -0.2) is 0 Å². The fourth-order valence-corrected chi connectivity index (χ4v) is 2.90. The number of carbonyl (C=O) groups is 2. The van der Waals surface area contributed by atoms with Crippen LogP contribution in [0.25, 0.3) is 0 Å². The fourth-order valence-electron chi connectivity index (χ4n) is 2.90. The Bertz CT molecular complexity index is 533. The zero-order chi connectivity index (χ0) is 15.4. The molecule has 1 aliphatic rings. The van der Waals surface area contributed by atoms with Gasteiger partial charge in [0.1, 0.15) is 5.69 Å². The van der Waals surface area contributed by atoms with Gasteiger partial charge < -0.3 is 15.7 Å². The molecule has 2 heterocycles. The standard InChI is InChI=1S/C15H21N3O3/c1-10(7-14(19)20)11-3-2-6-18(9-11)12-4-5-17-13(8-12)15(16)21/h4-5,8,10-11H,2-3,6-7,9H2,1H3,(H2,16,21)(H,19,20). The molecular weight excluding hydrogens is 270 g/mol. The predicted molar refractivity (Wildman–Crippen MR) is 79.1 cm³/mol. The van der Waals surface area contributed by atoms with Gasteiger partial charge in [0.05, 0.1) is 0 Å². The van der Waals surface area contributed by atoms with Gasteiger partial charge in [0.15, 0.2) is 0 Å². The molecule has 6 heteroatoms. The predicted octanol–water partition coefficient (Wildman–Crippen LogP) is 1.51. The third kappa shape index (κ3) is 3.93. The second kappa shape index (κ2) is 6.56. The van der Waals surface area contributed by atoms with Crippen LogP contribution >= 0.6 is 0 Å². The van der Waals surface area contributed by atoms with Gasteiger partial charge >= 0.3 is 5.97 Å². The first-order chi connectivity index (χ1) is 9.97. The first-order valence-corrected chi connectivity index (χ1v) is 7.20. The molecule has 2 atom stereocenters. The van der Waals surface area contributed by atoms with E-state index in [1.807, 2.05) is 13.0 Å². The van der Waals surface area contributed by atoms with Crippen molar-refractivity contribution in [2.24, 2.45) is 17.6 Å². The van der Waals surface area contributed by atoms with Crippen LogP contribution in [0.2, 0.25) is 0 Å². The van der Waals surface area contributed by atoms with Crippen molar-refractivity contribution in [3.8, 4) is 0 Å². The highest BCUT2D eigenvalue weighted by molar-refractivity contribution is 5.91. The third-order valence-corrected chi connectivity index (χ3v) is 4.12. The summed E-state index contributed by atoms with van der Waals surface area (Å²) in [6.45, 7) is 3.69. The smallest absolute Gasteiger partial charge is 0.303 e. The van der Waals surface area contributed by atoms with Crippen molar-refractivity contribution >= 4 is 17.6 Å². The molecule has 2 rings (SSSR count). The van der Waals surface area contributed by atoms with E-state index in [1.165, 1.54) is 0 Å². The summed E-state index contributed by atoms with van der Waals surface area (Å²) in [5.74, 6) is -0.799. The monoisotopic (exact) mass is 291 g/mol. The molecule has 0 bridgehead atoms. The fraction of sp³-hybridized carbons (Fsp3) is 0.533. The molecule has 1 aliphatic heterocycles. The molecule has 0 radical (unpaired) electrons. The van der Waals surface area contributed by atoms with Crippen molar-refractivity contribution in [3.63, 3.8) is 0 Å². The number of primary amides is 1. The Labute approximate surface area is 124 Å². The summed E-state index contributed by atoms with van der Waals surface area (Å²) in [6.07, 6.45) is 3.84. The van der Waals surface area contributed by atoms with Gasteiger partial charge in [-0.05, 0) is 36.8 Å². The van der Waals surface area contributed by atoms with E-state index in [9.17, 15) is 9.59 Å². The summed E-state index contributed by atoms with van der Waals surface area (Å²) in [6, 6.07) is 3.56. The number of rotatable bonds is 5. The number of nitrogens with two attached hydrogens (primary N) is 1. The van der Waals surface area contributed by atoms with Crippen molar-refractivity contribution in [2.45, 2.75) is 26.2 Å². The molecule has 2 unspecified atom stereocenters. The van der Waals surface area contributed by atoms with Gasteiger partial charge in [0.25, 0.3) is 5.91 Å². The molecule has 1 fully saturated rings. The summed E-state index contributed by atoms with van der Waals surface area (Å²) in [7, 11) is 0. The molecule has 0 saturated carbocycles. The maximum Gasteiger partial charge on any atom is 0.303 e. The van der Waals surface area contributed by atoms with Crippen LogP contribution in [0.3, 0.4) is 0 Å². The van der Waals surface area contributed by atoms with Crippen LogP contribution in [0.15, 0.2) is 18.3 Å². The zero-order valence-corrected chi connectivity index (χ0v) is 12.2. The number of hydrogen-bond acceptors (Lipinski definition) is 4. The van der Waals surface area contributed by atoms with E-state index >= 15 is 0 Å². The molecule has 0 aliphatic carbocycles. The van der Waals surface area contributed by atoms with E-state index in [-0.39, 0.29) is 18.0 Å². The maximum absolute atomic E-state index is 11.2. The third-order valence-electron chi connectivity index (χ3n) is 4.12. The highest BCUT2D eigenvalue weighted by Gasteiger charge is 2.26. The number of hydrogen-bond donors (Lipinski definition) is 2. The van der Waals surface area contributed by atoms with Gasteiger partial charge in [0.2, 0.25) is 0 Å². The minimum Gasteiger partial charge on any atom is -0.481 e. The van der Waals surface area contributed by atoms with Gasteiger partial charge in [-0.3, -0.25) is 14.6 Å². The quantitative estimate of drug-likeness (QED) is 0.857. The van der Waals surface area contributed by atoms with Crippen LogP contribution in [-0.4, -0.2) is 35.1 Å². The van der Waals surface area contributed by atoms with Gasteiger partial charge in [-0.15, -0.1) is 0 Å². The molecule has 21 heavy (non-hydrogen) atoms. The largest absolute Gasteiger partial charge is 0.481 e. The highest BCUT2D eigenvalue weighted by atomic mass is 16.4. The number of carboxylic acids is 1. The number of carboxylic acid groups (broad SMARTS) is 1. The Kier molecular flexibility index (Phi) is 4.77. The molecule has 1 aromatic heterocycles. The first kappa shape index (κ1) is 15.3. The number of anilines is 1. The summed E-state index contributed by atoms with van der Waals surface area (Å²) in [5.41, 5.74) is 6.44. The first-order valence-electron chi connectivity index (χ1n) is 7.20. The normalized spacial score (nSPS) is 20.0. The van der Waals surface area contributed by atoms with Crippen molar-refractivity contribution < 1.29 is 14.7 Å².